The topological polar surface area (TPSA) is 85.9 Å². The van der Waals surface area contributed by atoms with Gasteiger partial charge in [-0.05, 0) is 38.1 Å². The van der Waals surface area contributed by atoms with Crippen molar-refractivity contribution in [2.75, 3.05) is 12.1 Å². The van der Waals surface area contributed by atoms with Crippen molar-refractivity contribution in [3.8, 4) is 5.75 Å². The number of benzene rings is 2. The minimum absolute atomic E-state index is 0.0529. The summed E-state index contributed by atoms with van der Waals surface area (Å²) >= 11 is 0. The summed E-state index contributed by atoms with van der Waals surface area (Å²) in [5.41, 5.74) is 1.48. The molecule has 1 aliphatic rings. The smallest absolute Gasteiger partial charge is 0.340 e. The molecule has 8 heteroatoms. The molecule has 0 atom stereocenters. The van der Waals surface area contributed by atoms with E-state index in [1.54, 1.807) is 24.3 Å². The summed E-state index contributed by atoms with van der Waals surface area (Å²) in [6.45, 7) is 3.76. The van der Waals surface area contributed by atoms with Crippen LogP contribution in [0.5, 0.6) is 5.75 Å². The van der Waals surface area contributed by atoms with Crippen LogP contribution in [0.2, 0.25) is 0 Å². The van der Waals surface area contributed by atoms with Crippen molar-refractivity contribution in [2.45, 2.75) is 33.1 Å². The first-order valence-electron chi connectivity index (χ1n) is 8.79. The predicted octanol–water partition coefficient (Wildman–Crippen LogP) is 3.58. The van der Waals surface area contributed by atoms with Gasteiger partial charge in [-0.15, -0.1) is 0 Å². The molecular formula is C20H21FN2O5. The normalized spacial score (nSPS) is 12.7. The lowest BCUT2D eigenvalue weighted by Crippen LogP contribution is -2.34. The van der Waals surface area contributed by atoms with E-state index >= 15 is 0 Å². The third-order valence-electron chi connectivity index (χ3n) is 3.93. The van der Waals surface area contributed by atoms with Crippen LogP contribution in [0.4, 0.5) is 14.9 Å². The molecule has 148 valence electrons. The number of hydrogen-bond acceptors (Lipinski definition) is 5. The van der Waals surface area contributed by atoms with Gasteiger partial charge in [0.2, 0.25) is 0 Å². The van der Waals surface area contributed by atoms with Crippen molar-refractivity contribution in [1.29, 1.82) is 0 Å². The van der Waals surface area contributed by atoms with Gasteiger partial charge in [0.1, 0.15) is 18.2 Å². The van der Waals surface area contributed by atoms with E-state index < -0.39 is 17.8 Å². The molecule has 1 aliphatic heterocycles. The lowest BCUT2D eigenvalue weighted by molar-refractivity contribution is -0.0182. The molecule has 0 bridgehead atoms. The highest BCUT2D eigenvalue weighted by atomic mass is 19.1. The van der Waals surface area contributed by atoms with E-state index in [2.05, 4.69) is 10.6 Å². The van der Waals surface area contributed by atoms with Gasteiger partial charge in [-0.3, -0.25) is 0 Å². The zero-order valence-electron chi connectivity index (χ0n) is 15.6. The van der Waals surface area contributed by atoms with E-state index in [9.17, 15) is 14.0 Å². The fourth-order valence-corrected chi connectivity index (χ4v) is 2.78. The minimum Gasteiger partial charge on any atom is -0.467 e. The summed E-state index contributed by atoms with van der Waals surface area (Å²) in [7, 11) is 0. The van der Waals surface area contributed by atoms with Crippen LogP contribution in [0.15, 0.2) is 36.4 Å². The molecule has 2 amide bonds. The number of halogens is 1. The maximum Gasteiger partial charge on any atom is 0.340 e. The van der Waals surface area contributed by atoms with Gasteiger partial charge < -0.3 is 24.8 Å². The molecule has 2 aromatic rings. The maximum absolute atomic E-state index is 13.8. The first kappa shape index (κ1) is 19.6. The molecule has 0 aromatic heterocycles. The zero-order valence-corrected chi connectivity index (χ0v) is 15.6. The van der Waals surface area contributed by atoms with Crippen LogP contribution in [0.1, 0.15) is 35.3 Å². The average molecular weight is 388 g/mol. The number of ether oxygens (including phenoxy) is 3. The molecular weight excluding hydrogens is 367 g/mol. The summed E-state index contributed by atoms with van der Waals surface area (Å²) in [6.07, 6.45) is 0. The number of nitrogens with one attached hydrogen (secondary N) is 2. The minimum atomic E-state index is -0.648. The summed E-state index contributed by atoms with van der Waals surface area (Å²) in [6, 6.07) is 8.60. The van der Waals surface area contributed by atoms with Crippen LogP contribution in [-0.2, 0) is 22.7 Å². The summed E-state index contributed by atoms with van der Waals surface area (Å²) in [4.78, 5) is 24.5. The Morgan fingerprint density at radius 3 is 2.82 bits per heavy atom. The second-order valence-electron chi connectivity index (χ2n) is 6.54. The standard InChI is InChI=1S/C20H21FN2O5/c1-12(2)22-20(25)23-17-6-4-3-5-16(17)19(24)27-10-14-8-15(21)7-13-9-26-11-28-18(13)14/h3-8,12H,9-11H2,1-2H3,(H2,22,23,25). The third-order valence-corrected chi connectivity index (χ3v) is 3.93. The van der Waals surface area contributed by atoms with Crippen LogP contribution in [0.3, 0.4) is 0 Å². The monoisotopic (exact) mass is 388 g/mol. The largest absolute Gasteiger partial charge is 0.467 e. The van der Waals surface area contributed by atoms with Gasteiger partial charge in [-0.25, -0.2) is 14.0 Å². The number of para-hydroxylation sites is 1. The molecule has 3 rings (SSSR count). The number of fused-ring (bicyclic) bond motifs is 1. The number of rotatable bonds is 5. The number of amides is 2. The molecule has 0 saturated carbocycles. The van der Waals surface area contributed by atoms with Crippen molar-refractivity contribution in [3.05, 3.63) is 58.9 Å². The lowest BCUT2D eigenvalue weighted by Gasteiger charge is -2.21. The van der Waals surface area contributed by atoms with Gasteiger partial charge in [0.05, 0.1) is 17.9 Å². The van der Waals surface area contributed by atoms with E-state index in [0.717, 1.165) is 0 Å². The molecule has 0 unspecified atom stereocenters. The summed E-state index contributed by atoms with van der Waals surface area (Å²) < 4.78 is 29.7. The van der Waals surface area contributed by atoms with Gasteiger partial charge in [0, 0.05) is 17.2 Å². The van der Waals surface area contributed by atoms with E-state index in [1.165, 1.54) is 12.1 Å². The fourth-order valence-electron chi connectivity index (χ4n) is 2.78. The number of urea groups is 1. The first-order valence-corrected chi connectivity index (χ1v) is 8.79. The van der Waals surface area contributed by atoms with Crippen molar-refractivity contribution < 1.29 is 28.2 Å². The fraction of sp³-hybridized carbons (Fsp3) is 0.300. The Morgan fingerprint density at radius 2 is 2.04 bits per heavy atom. The number of carbonyl (C=O) groups excluding carboxylic acids is 2. The zero-order chi connectivity index (χ0) is 20.1. The Kier molecular flexibility index (Phi) is 6.10. The van der Waals surface area contributed by atoms with E-state index in [-0.39, 0.29) is 31.6 Å². The highest BCUT2D eigenvalue weighted by Crippen LogP contribution is 2.30. The van der Waals surface area contributed by atoms with Gasteiger partial charge in [0.15, 0.2) is 6.79 Å². The molecule has 2 N–H and O–H groups in total. The van der Waals surface area contributed by atoms with Gasteiger partial charge in [-0.2, -0.15) is 0 Å². The Labute approximate surface area is 161 Å². The first-order chi connectivity index (χ1) is 13.4. The second kappa shape index (κ2) is 8.71. The van der Waals surface area contributed by atoms with Crippen LogP contribution in [-0.4, -0.2) is 24.8 Å². The van der Waals surface area contributed by atoms with Crippen LogP contribution in [0, 0.1) is 5.82 Å². The van der Waals surface area contributed by atoms with E-state index in [0.29, 0.717) is 22.6 Å². The predicted molar refractivity (Wildman–Crippen MR) is 99.5 cm³/mol. The van der Waals surface area contributed by atoms with Crippen LogP contribution < -0.4 is 15.4 Å². The van der Waals surface area contributed by atoms with Crippen LogP contribution in [0.25, 0.3) is 0 Å². The summed E-state index contributed by atoms with van der Waals surface area (Å²) in [5.74, 6) is -0.653. The molecule has 0 saturated heterocycles. The molecule has 0 spiro atoms. The van der Waals surface area contributed by atoms with Gasteiger partial charge in [0.25, 0.3) is 0 Å². The molecule has 2 aromatic carbocycles. The Balaban J connectivity index is 1.73. The molecule has 28 heavy (non-hydrogen) atoms. The SMILES string of the molecule is CC(C)NC(=O)Nc1ccccc1C(=O)OCc1cc(F)cc2c1OCOC2. The van der Waals surface area contributed by atoms with Gasteiger partial charge >= 0.3 is 12.0 Å². The molecule has 1 heterocycles. The highest BCUT2D eigenvalue weighted by Gasteiger charge is 2.20. The Bertz CT molecular complexity index is 885. The Morgan fingerprint density at radius 1 is 1.25 bits per heavy atom. The molecule has 0 fully saturated rings. The average Bonchev–Trinajstić information content (AvgIpc) is 2.65. The molecule has 0 aliphatic carbocycles. The number of hydrogen-bond donors (Lipinski definition) is 2. The quantitative estimate of drug-likeness (QED) is 0.765. The molecule has 7 nitrogen and oxygen atoms in total. The second-order valence-corrected chi connectivity index (χ2v) is 6.54. The lowest BCUT2D eigenvalue weighted by atomic mass is 10.1. The van der Waals surface area contributed by atoms with E-state index in [4.69, 9.17) is 14.2 Å². The van der Waals surface area contributed by atoms with Crippen molar-refractivity contribution >= 4 is 17.7 Å². The van der Waals surface area contributed by atoms with Crippen molar-refractivity contribution in [1.82, 2.24) is 5.32 Å². The number of carbonyl (C=O) groups is 2. The number of esters is 1. The van der Waals surface area contributed by atoms with Crippen LogP contribution >= 0.6 is 0 Å². The van der Waals surface area contributed by atoms with E-state index in [1.807, 2.05) is 13.8 Å². The Hall–Kier alpha value is -3.13. The summed E-state index contributed by atoms with van der Waals surface area (Å²) in [5, 5.41) is 5.31. The van der Waals surface area contributed by atoms with Crippen molar-refractivity contribution in [3.63, 3.8) is 0 Å². The van der Waals surface area contributed by atoms with Gasteiger partial charge in [-0.1, -0.05) is 12.1 Å². The maximum atomic E-state index is 13.8. The third kappa shape index (κ3) is 4.77. The van der Waals surface area contributed by atoms with Crippen molar-refractivity contribution in [2.24, 2.45) is 0 Å². The number of anilines is 1. The molecule has 0 radical (unpaired) electrons. The highest BCUT2D eigenvalue weighted by molar-refractivity contribution is 6.00.